The van der Waals surface area contributed by atoms with Crippen LogP contribution in [0.1, 0.15) is 43.9 Å². The number of ether oxygens (including phenoxy) is 3. The lowest BCUT2D eigenvalue weighted by Crippen LogP contribution is -2.44. The molecule has 2 aromatic heterocycles. The number of pyridine rings is 1. The van der Waals surface area contributed by atoms with E-state index < -0.39 is 5.79 Å². The Morgan fingerprint density at radius 3 is 2.79 bits per heavy atom. The minimum absolute atomic E-state index is 0.0777. The maximum absolute atomic E-state index is 6.60. The fourth-order valence-corrected chi connectivity index (χ4v) is 5.50. The normalized spacial score (nSPS) is 27.3. The Kier molecular flexibility index (Phi) is 5.20. The summed E-state index contributed by atoms with van der Waals surface area (Å²) >= 11 is 0. The van der Waals surface area contributed by atoms with Crippen molar-refractivity contribution in [2.24, 2.45) is 0 Å². The lowest BCUT2D eigenvalue weighted by atomic mass is 10.0. The zero-order valence-corrected chi connectivity index (χ0v) is 19.9. The highest BCUT2D eigenvalue weighted by Gasteiger charge is 2.57. The number of nitrogens with zero attached hydrogens (tertiary/aromatic N) is 4. The van der Waals surface area contributed by atoms with Crippen molar-refractivity contribution in [2.45, 2.75) is 76.8 Å². The van der Waals surface area contributed by atoms with E-state index in [9.17, 15) is 0 Å². The van der Waals surface area contributed by atoms with Gasteiger partial charge >= 0.3 is 0 Å². The van der Waals surface area contributed by atoms with E-state index in [-0.39, 0.29) is 24.5 Å². The number of aryl methyl sites for hydroxylation is 2. The van der Waals surface area contributed by atoms with Gasteiger partial charge in [-0.1, -0.05) is 19.1 Å². The molecule has 0 radical (unpaired) electrons. The topological polar surface area (TPSA) is 95.6 Å². The molecule has 0 bridgehead atoms. The molecule has 0 amide bonds. The maximum atomic E-state index is 6.60. The summed E-state index contributed by atoms with van der Waals surface area (Å²) in [5, 5.41) is 1.18. The van der Waals surface area contributed by atoms with Gasteiger partial charge in [-0.25, -0.2) is 9.97 Å². The van der Waals surface area contributed by atoms with E-state index in [0.717, 1.165) is 49.1 Å². The molecule has 0 saturated carbocycles. The number of hydrogen-bond donors (Lipinski definition) is 1. The van der Waals surface area contributed by atoms with Crippen LogP contribution in [0.25, 0.3) is 10.9 Å². The Morgan fingerprint density at radius 2 is 1.94 bits per heavy atom. The van der Waals surface area contributed by atoms with Crippen LogP contribution in [0.5, 0.6) is 0 Å². The molecule has 3 aliphatic rings. The first-order chi connectivity index (χ1) is 16.4. The predicted molar refractivity (Wildman–Crippen MR) is 129 cm³/mol. The quantitative estimate of drug-likeness (QED) is 0.618. The highest BCUT2D eigenvalue weighted by atomic mass is 16.8. The van der Waals surface area contributed by atoms with Gasteiger partial charge in [0.15, 0.2) is 12.0 Å². The molecule has 2 fully saturated rings. The first kappa shape index (κ1) is 21.7. The standard InChI is InChI=1S/C26H31N5O3/c1-4-15-11-17-7-5-16(12-19(17)28-13-15)6-8-20-21-22(34-26(2,3)33-21)25(32-20)31-10-9-18-23(27)29-14-30-24(18)31/h5,7,11-14,20-22,25H,4,6,8-10H2,1-3H3,(H2,27,29,30)/t20-,21-,22-,25-/m1/s1. The summed E-state index contributed by atoms with van der Waals surface area (Å²) in [5.74, 6) is 0.739. The molecule has 3 aromatic rings. The summed E-state index contributed by atoms with van der Waals surface area (Å²) in [6.45, 7) is 6.87. The van der Waals surface area contributed by atoms with Gasteiger partial charge in [-0.15, -0.1) is 0 Å². The monoisotopic (exact) mass is 461 g/mol. The molecular formula is C26H31N5O3. The molecular weight excluding hydrogens is 430 g/mol. The Balaban J connectivity index is 1.22. The average Bonchev–Trinajstić information content (AvgIpc) is 3.48. The van der Waals surface area contributed by atoms with Gasteiger partial charge in [-0.2, -0.15) is 0 Å². The van der Waals surface area contributed by atoms with E-state index in [4.69, 9.17) is 19.9 Å². The van der Waals surface area contributed by atoms with Gasteiger partial charge in [-0.3, -0.25) is 4.98 Å². The zero-order valence-electron chi connectivity index (χ0n) is 19.9. The second-order valence-electron chi connectivity index (χ2n) is 9.90. The van der Waals surface area contributed by atoms with E-state index in [1.165, 1.54) is 22.8 Å². The van der Waals surface area contributed by atoms with Crippen LogP contribution in [0.15, 0.2) is 36.8 Å². The third kappa shape index (κ3) is 3.70. The van der Waals surface area contributed by atoms with Crippen molar-refractivity contribution >= 4 is 22.5 Å². The summed E-state index contributed by atoms with van der Waals surface area (Å²) in [6.07, 6.45) is 6.34. The molecule has 1 aromatic carbocycles. The van der Waals surface area contributed by atoms with Gasteiger partial charge < -0.3 is 24.8 Å². The molecule has 6 rings (SSSR count). The third-order valence-electron chi connectivity index (χ3n) is 7.19. The molecule has 2 saturated heterocycles. The highest BCUT2D eigenvalue weighted by molar-refractivity contribution is 5.79. The molecule has 0 spiro atoms. The van der Waals surface area contributed by atoms with Gasteiger partial charge in [0.2, 0.25) is 0 Å². The van der Waals surface area contributed by atoms with Crippen molar-refractivity contribution in [2.75, 3.05) is 17.2 Å². The molecule has 2 N–H and O–H groups in total. The minimum Gasteiger partial charge on any atom is -0.383 e. The minimum atomic E-state index is -0.646. The first-order valence-corrected chi connectivity index (χ1v) is 12.2. The van der Waals surface area contributed by atoms with Crippen LogP contribution in [-0.2, 0) is 33.5 Å². The van der Waals surface area contributed by atoms with Gasteiger partial charge in [0.1, 0.15) is 30.2 Å². The molecule has 3 aliphatic heterocycles. The molecule has 0 aliphatic carbocycles. The second kappa shape index (κ2) is 8.15. The van der Waals surface area contributed by atoms with Crippen LogP contribution in [0.2, 0.25) is 0 Å². The van der Waals surface area contributed by atoms with Crippen molar-refractivity contribution in [3.8, 4) is 0 Å². The van der Waals surface area contributed by atoms with E-state index in [0.29, 0.717) is 5.82 Å². The number of nitrogen functional groups attached to an aromatic ring is 1. The third-order valence-corrected chi connectivity index (χ3v) is 7.19. The van der Waals surface area contributed by atoms with Gasteiger partial charge in [0.05, 0.1) is 11.6 Å². The SMILES string of the molecule is CCc1cnc2cc(CC[C@H]3O[C@@H](N4CCc5c(N)ncnc54)[C@@H]4OC(C)(C)O[C@@H]43)ccc2c1. The van der Waals surface area contributed by atoms with Crippen LogP contribution < -0.4 is 10.6 Å². The highest BCUT2D eigenvalue weighted by Crippen LogP contribution is 2.43. The fourth-order valence-electron chi connectivity index (χ4n) is 5.50. The predicted octanol–water partition coefficient (Wildman–Crippen LogP) is 3.41. The molecule has 178 valence electrons. The van der Waals surface area contributed by atoms with Crippen molar-refractivity contribution < 1.29 is 14.2 Å². The molecule has 34 heavy (non-hydrogen) atoms. The zero-order chi connectivity index (χ0) is 23.4. The Morgan fingerprint density at radius 1 is 1.09 bits per heavy atom. The molecule has 8 nitrogen and oxygen atoms in total. The maximum Gasteiger partial charge on any atom is 0.164 e. The summed E-state index contributed by atoms with van der Waals surface area (Å²) < 4.78 is 19.3. The Bertz CT molecular complexity index is 1230. The van der Waals surface area contributed by atoms with Crippen molar-refractivity contribution in [3.05, 3.63) is 53.5 Å². The lowest BCUT2D eigenvalue weighted by Gasteiger charge is -2.30. The van der Waals surface area contributed by atoms with Crippen LogP contribution in [0.4, 0.5) is 11.6 Å². The summed E-state index contributed by atoms with van der Waals surface area (Å²) in [5.41, 5.74) is 10.6. The van der Waals surface area contributed by atoms with Crippen LogP contribution in [0.3, 0.4) is 0 Å². The summed E-state index contributed by atoms with van der Waals surface area (Å²) in [6, 6.07) is 8.77. The molecule has 8 heteroatoms. The largest absolute Gasteiger partial charge is 0.383 e. The van der Waals surface area contributed by atoms with E-state index in [1.807, 2.05) is 20.0 Å². The van der Waals surface area contributed by atoms with Crippen molar-refractivity contribution in [3.63, 3.8) is 0 Å². The Hall–Kier alpha value is -2.81. The van der Waals surface area contributed by atoms with Gasteiger partial charge in [0.25, 0.3) is 0 Å². The number of fused-ring (bicyclic) bond motifs is 3. The van der Waals surface area contributed by atoms with Gasteiger partial charge in [-0.05, 0) is 62.8 Å². The van der Waals surface area contributed by atoms with Crippen LogP contribution in [-0.4, -0.2) is 51.8 Å². The number of nitrogens with two attached hydrogens (primary N) is 1. The van der Waals surface area contributed by atoms with E-state index in [1.54, 1.807) is 0 Å². The van der Waals surface area contributed by atoms with Crippen molar-refractivity contribution in [1.82, 2.24) is 15.0 Å². The summed E-state index contributed by atoms with van der Waals surface area (Å²) in [4.78, 5) is 15.5. The van der Waals surface area contributed by atoms with E-state index >= 15 is 0 Å². The average molecular weight is 462 g/mol. The molecule has 0 unspecified atom stereocenters. The molecule has 5 heterocycles. The Labute approximate surface area is 199 Å². The fraction of sp³-hybridized carbons (Fsp3) is 0.500. The van der Waals surface area contributed by atoms with E-state index in [2.05, 4.69) is 51.0 Å². The number of hydrogen-bond acceptors (Lipinski definition) is 8. The summed E-state index contributed by atoms with van der Waals surface area (Å²) in [7, 11) is 0. The van der Waals surface area contributed by atoms with Crippen LogP contribution >= 0.6 is 0 Å². The molecule has 4 atom stereocenters. The number of anilines is 2. The van der Waals surface area contributed by atoms with Gasteiger partial charge in [0, 0.05) is 23.7 Å². The smallest absolute Gasteiger partial charge is 0.164 e. The number of benzene rings is 1. The van der Waals surface area contributed by atoms with Crippen LogP contribution in [0, 0.1) is 0 Å². The number of aromatic nitrogens is 3. The number of rotatable bonds is 5. The second-order valence-corrected chi connectivity index (χ2v) is 9.90. The lowest BCUT2D eigenvalue weighted by molar-refractivity contribution is -0.187. The first-order valence-electron chi connectivity index (χ1n) is 12.2. The van der Waals surface area contributed by atoms with Crippen molar-refractivity contribution in [1.29, 1.82) is 0 Å².